The van der Waals surface area contributed by atoms with E-state index >= 15 is 0 Å². The summed E-state index contributed by atoms with van der Waals surface area (Å²) < 4.78 is 28.5. The van der Waals surface area contributed by atoms with Gasteiger partial charge in [0.15, 0.2) is 0 Å². The average Bonchev–Trinajstić information content (AvgIpc) is 2.58. The number of hydrogen-bond acceptors (Lipinski definition) is 2. The van der Waals surface area contributed by atoms with Crippen molar-refractivity contribution in [3.8, 4) is 11.5 Å². The largest absolute Gasteiger partial charge is 0.508 e. The first-order chi connectivity index (χ1) is 13.8. The van der Waals surface area contributed by atoms with Crippen molar-refractivity contribution in [1.82, 2.24) is 0 Å². The van der Waals surface area contributed by atoms with Crippen molar-refractivity contribution in [2.24, 2.45) is 5.92 Å². The lowest BCUT2D eigenvalue weighted by molar-refractivity contribution is 0.00741. The zero-order valence-corrected chi connectivity index (χ0v) is 17.7. The van der Waals surface area contributed by atoms with Crippen LogP contribution in [0.2, 0.25) is 0 Å². The van der Waals surface area contributed by atoms with Crippen LogP contribution in [-0.2, 0) is 5.41 Å². The van der Waals surface area contributed by atoms with E-state index in [4.69, 9.17) is 8.85 Å². The Morgan fingerprint density at radius 2 is 2.04 bits per heavy atom. The Balaban J connectivity index is 1.79. The van der Waals surface area contributed by atoms with Crippen molar-refractivity contribution in [2.45, 2.75) is 103 Å². The van der Waals surface area contributed by atoms with Crippen molar-refractivity contribution in [2.75, 3.05) is 0 Å². The Hall–Kier alpha value is -1.44. The maximum Gasteiger partial charge on any atom is 0.127 e. The van der Waals surface area contributed by atoms with Crippen LogP contribution in [-0.4, -0.2) is 10.7 Å². The van der Waals surface area contributed by atoms with Gasteiger partial charge in [-0.3, -0.25) is 0 Å². The normalized spacial score (nSPS) is 26.0. The van der Waals surface area contributed by atoms with E-state index < -0.39 is 6.85 Å². The van der Waals surface area contributed by atoms with E-state index in [0.29, 0.717) is 17.6 Å². The van der Waals surface area contributed by atoms with Gasteiger partial charge in [-0.1, -0.05) is 58.0 Å². The third kappa shape index (κ3) is 4.05. The van der Waals surface area contributed by atoms with Gasteiger partial charge in [-0.15, -0.1) is 0 Å². The van der Waals surface area contributed by atoms with Gasteiger partial charge in [-0.25, -0.2) is 0 Å². The van der Waals surface area contributed by atoms with Gasteiger partial charge < -0.3 is 9.84 Å². The van der Waals surface area contributed by atoms with Crippen LogP contribution in [0.25, 0.3) is 0 Å². The van der Waals surface area contributed by atoms with Crippen molar-refractivity contribution >= 4 is 0 Å². The van der Waals surface area contributed by atoms with Crippen molar-refractivity contribution in [3.63, 3.8) is 0 Å². The van der Waals surface area contributed by atoms with Gasteiger partial charge in [0, 0.05) is 21.5 Å². The van der Waals surface area contributed by atoms with Gasteiger partial charge >= 0.3 is 0 Å². The van der Waals surface area contributed by atoms with Crippen LogP contribution in [0, 0.1) is 5.92 Å². The maximum atomic E-state index is 11.0. The minimum atomic E-state index is -1.82. The van der Waals surface area contributed by atoms with Crippen molar-refractivity contribution in [1.29, 1.82) is 0 Å². The van der Waals surface area contributed by atoms with Crippen LogP contribution < -0.4 is 4.74 Å². The molecule has 0 saturated heterocycles. The number of unbranched alkanes of at least 4 members (excludes halogenated alkanes) is 2. The molecule has 0 bridgehead atoms. The number of rotatable bonds is 6. The van der Waals surface area contributed by atoms with Crippen LogP contribution >= 0.6 is 0 Å². The van der Waals surface area contributed by atoms with E-state index in [1.807, 2.05) is 6.07 Å². The van der Waals surface area contributed by atoms with E-state index in [2.05, 4.69) is 46.8 Å². The summed E-state index contributed by atoms with van der Waals surface area (Å²) in [7, 11) is 0. The van der Waals surface area contributed by atoms with Gasteiger partial charge in [0.2, 0.25) is 0 Å². The van der Waals surface area contributed by atoms with Crippen LogP contribution in [0.4, 0.5) is 0 Å². The second-order valence-electron chi connectivity index (χ2n) is 9.76. The molecule has 2 heteroatoms. The number of allylic oxidation sites excluding steroid dienone is 2. The van der Waals surface area contributed by atoms with Gasteiger partial charge in [-0.05, 0) is 63.1 Å². The molecule has 1 aromatic carbocycles. The highest BCUT2D eigenvalue weighted by molar-refractivity contribution is 5.54. The van der Waals surface area contributed by atoms with E-state index in [1.165, 1.54) is 5.57 Å². The van der Waals surface area contributed by atoms with E-state index in [9.17, 15) is 5.11 Å². The lowest BCUT2D eigenvalue weighted by atomic mass is 9.66. The van der Waals surface area contributed by atoms with Crippen molar-refractivity contribution in [3.05, 3.63) is 34.9 Å². The first-order valence-electron chi connectivity index (χ1n) is 12.0. The first-order valence-corrected chi connectivity index (χ1v) is 10.5. The molecule has 0 amide bonds. The zero-order chi connectivity index (χ0) is 22.3. The average molecular weight is 374 g/mol. The number of benzene rings is 1. The molecule has 2 atom stereocenters. The highest BCUT2D eigenvalue weighted by Crippen LogP contribution is 2.54. The molecule has 3 rings (SSSR count). The first kappa shape index (κ1) is 16.5. The third-order valence-electron chi connectivity index (χ3n) is 6.76. The molecule has 0 radical (unpaired) electrons. The molecule has 0 saturated carbocycles. The molecule has 0 fully saturated rings. The fourth-order valence-corrected chi connectivity index (χ4v) is 4.97. The maximum absolute atomic E-state index is 11.0. The molecule has 0 spiro atoms. The third-order valence-corrected chi connectivity index (χ3v) is 6.76. The predicted octanol–water partition coefficient (Wildman–Crippen LogP) is 7.25. The molecule has 27 heavy (non-hydrogen) atoms. The highest BCUT2D eigenvalue weighted by atomic mass is 16.5. The Labute approximate surface area is 170 Å². The molecule has 1 aliphatic heterocycles. The summed E-state index contributed by atoms with van der Waals surface area (Å²) in [5.74, 6) is 1.86. The van der Waals surface area contributed by atoms with Crippen molar-refractivity contribution < 1.29 is 14.0 Å². The van der Waals surface area contributed by atoms with E-state index in [-0.39, 0.29) is 17.4 Å². The number of ether oxygens (including phenoxy) is 1. The van der Waals surface area contributed by atoms with Crippen LogP contribution in [0.15, 0.2) is 23.8 Å². The molecule has 0 aromatic heterocycles. The standard InChI is InChI=1S/C25H38O2/c1-7-8-9-10-13-24(3,4)18-15-21(26)23-19-14-17(2)11-12-20(19)25(5,6)27-22(23)16-18/h11,15-16,19-20,26H,7-10,12-14H2,1-6H3/t19-,20-/m1/s1/i1D3. The SMILES string of the molecule is [2H]C([2H])([2H])CCCCCC(C)(C)c1cc(O)c2c(c1)OC(C)(C)[C@@H]1CC=C(C)C[C@@H]21. The zero-order valence-electron chi connectivity index (χ0n) is 20.7. The van der Waals surface area contributed by atoms with E-state index in [1.54, 1.807) is 0 Å². The minimum absolute atomic E-state index is 0.112. The summed E-state index contributed by atoms with van der Waals surface area (Å²) in [5.41, 5.74) is 3.08. The quantitative estimate of drug-likeness (QED) is 0.420. The van der Waals surface area contributed by atoms with Gasteiger partial charge in [0.05, 0.1) is 0 Å². The van der Waals surface area contributed by atoms with Gasteiger partial charge in [-0.2, -0.15) is 0 Å². The molecule has 0 unspecified atom stereocenters. The molecule has 2 aliphatic rings. The van der Waals surface area contributed by atoms with Gasteiger partial charge in [0.1, 0.15) is 17.1 Å². The highest BCUT2D eigenvalue weighted by Gasteiger charge is 2.46. The Kier molecular flexibility index (Phi) is 4.60. The van der Waals surface area contributed by atoms with E-state index in [0.717, 1.165) is 55.4 Å². The lowest BCUT2D eigenvalue weighted by Crippen LogP contribution is -2.45. The Bertz CT molecular complexity index is 805. The Morgan fingerprint density at radius 1 is 1.26 bits per heavy atom. The topological polar surface area (TPSA) is 29.5 Å². The summed E-state index contributed by atoms with van der Waals surface area (Å²) in [5, 5.41) is 11.0. The van der Waals surface area contributed by atoms with Crippen LogP contribution in [0.5, 0.6) is 11.5 Å². The molecule has 1 aromatic rings. The molecular weight excluding hydrogens is 332 g/mol. The molecule has 150 valence electrons. The molecular formula is C25H38O2. The summed E-state index contributed by atoms with van der Waals surface area (Å²) in [4.78, 5) is 0. The number of phenolic OH excluding ortho intramolecular Hbond substituents is 1. The van der Waals surface area contributed by atoms with Crippen LogP contribution in [0.3, 0.4) is 0 Å². The fourth-order valence-electron chi connectivity index (χ4n) is 4.97. The smallest absolute Gasteiger partial charge is 0.127 e. The molecule has 2 nitrogen and oxygen atoms in total. The summed E-state index contributed by atoms with van der Waals surface area (Å²) in [6.07, 6.45) is 8.14. The summed E-state index contributed by atoms with van der Waals surface area (Å²) in [6, 6.07) is 4.08. The number of phenols is 1. The molecule has 1 N–H and O–H groups in total. The number of hydrogen-bond donors (Lipinski definition) is 1. The lowest BCUT2D eigenvalue weighted by Gasteiger charge is -2.47. The predicted molar refractivity (Wildman–Crippen MR) is 114 cm³/mol. The second-order valence-corrected chi connectivity index (χ2v) is 9.76. The number of aromatic hydroxyl groups is 1. The number of fused-ring (bicyclic) bond motifs is 3. The molecule has 1 aliphatic carbocycles. The second kappa shape index (κ2) is 7.53. The summed E-state index contributed by atoms with van der Waals surface area (Å²) in [6.45, 7) is 9.09. The fraction of sp³-hybridized carbons (Fsp3) is 0.680. The van der Waals surface area contributed by atoms with Crippen LogP contribution in [0.1, 0.15) is 108 Å². The minimum Gasteiger partial charge on any atom is -0.508 e. The molecule has 1 heterocycles. The Morgan fingerprint density at radius 3 is 2.78 bits per heavy atom. The van der Waals surface area contributed by atoms with Gasteiger partial charge in [0.25, 0.3) is 0 Å². The monoisotopic (exact) mass is 373 g/mol. The summed E-state index contributed by atoms with van der Waals surface area (Å²) >= 11 is 0.